The van der Waals surface area contributed by atoms with Crippen LogP contribution in [-0.4, -0.2) is 106 Å². The number of aromatic nitrogens is 4. The molecule has 19 heteroatoms. The fraction of sp³-hybridized carbons (Fsp3) is 0.333. The molecule has 0 bridgehead atoms. The molecule has 5 aromatic rings. The van der Waals surface area contributed by atoms with Crippen LogP contribution in [0.3, 0.4) is 0 Å². The largest absolute Gasteiger partial charge is 0.479 e. The number of carbonyl (C=O) groups is 3. The predicted molar refractivity (Wildman–Crippen MR) is 218 cm³/mol. The number of nitrogens with zero attached hydrogens (tertiary/aromatic N) is 5. The Morgan fingerprint density at radius 1 is 0.852 bits per heavy atom. The lowest BCUT2D eigenvalue weighted by atomic mass is 9.98. The molecule has 0 saturated heterocycles. The summed E-state index contributed by atoms with van der Waals surface area (Å²) in [6, 6.07) is 18.5. The number of carboxylic acid groups (broad SMARTS) is 2. The second-order valence-electron chi connectivity index (χ2n) is 13.8. The molecule has 0 saturated carbocycles. The van der Waals surface area contributed by atoms with Gasteiger partial charge in [0.05, 0.1) is 11.8 Å². The number of thioether (sulfide) groups is 1. The first kappa shape index (κ1) is 47.8. The van der Waals surface area contributed by atoms with Crippen molar-refractivity contribution in [1.82, 2.24) is 29.5 Å². The number of likely N-dealkylation sites (N-methyl/N-ethyl adjacent to an activating group) is 1. The van der Waals surface area contributed by atoms with Crippen molar-refractivity contribution >= 4 is 29.6 Å². The number of H-pyrrole nitrogens is 1. The number of carboxylic acids is 2. The van der Waals surface area contributed by atoms with Crippen LogP contribution in [0.4, 0.5) is 17.6 Å². The molecule has 0 spiro atoms. The number of aromatic amines is 1. The third-order valence-corrected chi connectivity index (χ3v) is 10.7. The summed E-state index contributed by atoms with van der Waals surface area (Å²) in [6.07, 6.45) is -3.88. The highest BCUT2D eigenvalue weighted by Crippen LogP contribution is 2.31. The molecular weight excluding hydrogens is 825 g/mol. The van der Waals surface area contributed by atoms with Crippen molar-refractivity contribution in [2.45, 2.75) is 69.1 Å². The van der Waals surface area contributed by atoms with Gasteiger partial charge >= 0.3 is 18.1 Å². The molecule has 2 heterocycles. The Balaban J connectivity index is 0.000000727. The third-order valence-electron chi connectivity index (χ3n) is 9.67. The maximum atomic E-state index is 14.2. The molecule has 0 aliphatic carbocycles. The van der Waals surface area contributed by atoms with E-state index in [9.17, 15) is 36.7 Å². The highest BCUT2D eigenvalue weighted by molar-refractivity contribution is 7.98. The van der Waals surface area contributed by atoms with Crippen LogP contribution in [0.2, 0.25) is 0 Å². The molecule has 0 aliphatic heterocycles. The van der Waals surface area contributed by atoms with Crippen LogP contribution < -0.4 is 5.56 Å². The Hall–Kier alpha value is -5.89. The molecule has 1 amide bonds. The molecule has 61 heavy (non-hydrogen) atoms. The number of benzene rings is 3. The van der Waals surface area contributed by atoms with Gasteiger partial charge in [0.25, 0.3) is 5.56 Å². The fourth-order valence-corrected chi connectivity index (χ4v) is 6.83. The van der Waals surface area contributed by atoms with Crippen LogP contribution in [0.25, 0.3) is 11.1 Å². The topological polar surface area (TPSA) is 202 Å². The summed E-state index contributed by atoms with van der Waals surface area (Å²) in [7, 11) is 0. The van der Waals surface area contributed by atoms with Gasteiger partial charge in [-0.2, -0.15) is 23.3 Å². The Labute approximate surface area is 352 Å². The second-order valence-corrected chi connectivity index (χ2v) is 14.7. The van der Waals surface area contributed by atoms with Gasteiger partial charge in [-0.1, -0.05) is 81.1 Å². The van der Waals surface area contributed by atoms with E-state index in [4.69, 9.17) is 20.4 Å². The standard InChI is InChI=1S/C38H40F4N6O2S.C4H6O6/c1-4-46(5-2)18-19-47(22-27-6-10-29(11-7-27)30-12-14-32(15-13-30)38(40,41)42)35(49)24-48-23-34(26(3)31-20-43-44-21-31)36(50)45-37(48)51-25-28-8-16-33(39)17-9-28;5-1(3(7)8)2(6)4(9)10/h6-17,20-21,23,26H,4-5,18-19,22,24-25H2,1-3H3,(H,43,44);1-2,5-6H,(H,7,8)(H,9,10). The number of nitrogens with one attached hydrogen (secondary N) is 1. The minimum Gasteiger partial charge on any atom is -0.479 e. The van der Waals surface area contributed by atoms with Crippen LogP contribution in [-0.2, 0) is 39.4 Å². The van der Waals surface area contributed by atoms with E-state index in [1.54, 1.807) is 40.2 Å². The molecule has 3 atom stereocenters. The molecule has 0 radical (unpaired) electrons. The zero-order valence-electron chi connectivity index (χ0n) is 33.4. The Morgan fingerprint density at radius 2 is 1.41 bits per heavy atom. The second kappa shape index (κ2) is 22.1. The minimum absolute atomic E-state index is 0.0774. The van der Waals surface area contributed by atoms with Gasteiger partial charge in [0.2, 0.25) is 5.91 Å². The number of hydrogen-bond donors (Lipinski definition) is 5. The normalized spacial score (nSPS) is 12.9. The van der Waals surface area contributed by atoms with E-state index in [0.717, 1.165) is 47.5 Å². The number of aliphatic carboxylic acids is 2. The summed E-state index contributed by atoms with van der Waals surface area (Å²) < 4.78 is 54.4. The van der Waals surface area contributed by atoms with E-state index >= 15 is 0 Å². The highest BCUT2D eigenvalue weighted by atomic mass is 32.2. The van der Waals surface area contributed by atoms with E-state index < -0.39 is 41.4 Å². The number of halogens is 4. The molecule has 3 aromatic carbocycles. The molecule has 326 valence electrons. The minimum atomic E-state index is -4.41. The van der Waals surface area contributed by atoms with Gasteiger partial charge in [-0.15, -0.1) is 0 Å². The first-order valence-corrected chi connectivity index (χ1v) is 20.0. The smallest absolute Gasteiger partial charge is 0.416 e. The Kier molecular flexibility index (Phi) is 17.3. The van der Waals surface area contributed by atoms with Crippen molar-refractivity contribution in [1.29, 1.82) is 0 Å². The number of aliphatic hydroxyl groups is 2. The van der Waals surface area contributed by atoms with E-state index in [-0.39, 0.29) is 24.2 Å². The third kappa shape index (κ3) is 13.8. The van der Waals surface area contributed by atoms with Gasteiger partial charge < -0.3 is 34.8 Å². The fourth-order valence-electron chi connectivity index (χ4n) is 5.91. The summed E-state index contributed by atoms with van der Waals surface area (Å²) in [5.74, 6) is -3.98. The molecule has 3 unspecified atom stereocenters. The first-order valence-electron chi connectivity index (χ1n) is 19.0. The van der Waals surface area contributed by atoms with Crippen LogP contribution in [0, 0.1) is 5.82 Å². The molecule has 0 fully saturated rings. The van der Waals surface area contributed by atoms with Gasteiger partial charge in [-0.3, -0.25) is 14.7 Å². The number of hydrogen-bond acceptors (Lipinski definition) is 10. The van der Waals surface area contributed by atoms with E-state index in [2.05, 4.69) is 33.9 Å². The zero-order chi connectivity index (χ0) is 44.9. The Bertz CT molecular complexity index is 2240. The summed E-state index contributed by atoms with van der Waals surface area (Å²) in [4.78, 5) is 55.5. The SMILES string of the molecule is CCN(CC)CCN(Cc1ccc(-c2ccc(C(F)(F)F)cc2)cc1)C(=O)Cn1cc(C(C)c2cn[nH]c2)c(=O)nc1SCc1ccc(F)cc1.O=C(O)C(O)C(O)C(=O)O. The number of carbonyl (C=O) groups excluding carboxylic acids is 1. The summed E-state index contributed by atoms with van der Waals surface area (Å²) in [5.41, 5.74) is 3.23. The van der Waals surface area contributed by atoms with E-state index in [0.29, 0.717) is 41.7 Å². The lowest BCUT2D eigenvalue weighted by Crippen LogP contribution is -2.40. The predicted octanol–water partition coefficient (Wildman–Crippen LogP) is 5.48. The number of rotatable bonds is 18. The van der Waals surface area contributed by atoms with Gasteiger partial charge in [-0.05, 0) is 65.2 Å². The van der Waals surface area contributed by atoms with Gasteiger partial charge in [0.1, 0.15) is 12.4 Å². The van der Waals surface area contributed by atoms with Gasteiger partial charge in [0.15, 0.2) is 17.4 Å². The molecule has 14 nitrogen and oxygen atoms in total. The lowest BCUT2D eigenvalue weighted by Gasteiger charge is -2.27. The summed E-state index contributed by atoms with van der Waals surface area (Å²) in [6.45, 7) is 8.98. The van der Waals surface area contributed by atoms with Crippen LogP contribution >= 0.6 is 11.8 Å². The van der Waals surface area contributed by atoms with Crippen molar-refractivity contribution in [2.24, 2.45) is 0 Å². The monoisotopic (exact) mass is 870 g/mol. The zero-order valence-corrected chi connectivity index (χ0v) is 34.2. The average Bonchev–Trinajstić information content (AvgIpc) is 3.79. The quantitative estimate of drug-likeness (QED) is 0.0422. The first-order chi connectivity index (χ1) is 28.9. The van der Waals surface area contributed by atoms with Crippen LogP contribution in [0.15, 0.2) is 101 Å². The average molecular weight is 871 g/mol. The van der Waals surface area contributed by atoms with Crippen molar-refractivity contribution in [3.63, 3.8) is 0 Å². The number of amides is 1. The van der Waals surface area contributed by atoms with Crippen LogP contribution in [0.1, 0.15) is 54.5 Å². The summed E-state index contributed by atoms with van der Waals surface area (Å²) in [5, 5.41) is 39.7. The summed E-state index contributed by atoms with van der Waals surface area (Å²) >= 11 is 1.29. The number of aliphatic hydroxyl groups excluding tert-OH is 2. The van der Waals surface area contributed by atoms with Crippen molar-refractivity contribution in [3.8, 4) is 11.1 Å². The van der Waals surface area contributed by atoms with Crippen LogP contribution in [0.5, 0.6) is 0 Å². The van der Waals surface area contributed by atoms with Crippen molar-refractivity contribution < 1.29 is 52.4 Å². The van der Waals surface area contributed by atoms with Gasteiger partial charge in [0, 0.05) is 49.3 Å². The number of alkyl halides is 3. The van der Waals surface area contributed by atoms with Crippen molar-refractivity contribution in [2.75, 3.05) is 26.2 Å². The van der Waals surface area contributed by atoms with Gasteiger partial charge in [-0.25, -0.2) is 14.0 Å². The highest BCUT2D eigenvalue weighted by Gasteiger charge is 2.30. The lowest BCUT2D eigenvalue weighted by molar-refractivity contribution is -0.165. The van der Waals surface area contributed by atoms with E-state index in [1.165, 1.54) is 36.0 Å². The molecule has 5 rings (SSSR count). The van der Waals surface area contributed by atoms with Crippen molar-refractivity contribution in [3.05, 3.63) is 135 Å². The maximum absolute atomic E-state index is 14.2. The molecule has 0 aliphatic rings. The molecular formula is C42H46F4N6O8S. The molecule has 2 aromatic heterocycles. The Morgan fingerprint density at radius 3 is 1.92 bits per heavy atom. The van der Waals surface area contributed by atoms with E-state index in [1.807, 2.05) is 31.2 Å². The molecule has 5 N–H and O–H groups in total. The maximum Gasteiger partial charge on any atom is 0.416 e.